The van der Waals surface area contributed by atoms with E-state index >= 15 is 0 Å². The van der Waals surface area contributed by atoms with E-state index in [0.717, 1.165) is 22.2 Å². The lowest BCUT2D eigenvalue weighted by molar-refractivity contribution is -0.122. The summed E-state index contributed by atoms with van der Waals surface area (Å²) >= 11 is 0. The van der Waals surface area contributed by atoms with Crippen molar-refractivity contribution in [3.63, 3.8) is 0 Å². The highest BCUT2D eigenvalue weighted by Gasteiger charge is 2.13. The number of aromatic nitrogens is 1. The Morgan fingerprint density at radius 2 is 1.73 bits per heavy atom. The van der Waals surface area contributed by atoms with Crippen molar-refractivity contribution < 1.29 is 4.79 Å². The fraction of sp³-hybridized carbons (Fsp3) is 0.211. The zero-order valence-corrected chi connectivity index (χ0v) is 12.9. The molecule has 0 radical (unpaired) electrons. The van der Waals surface area contributed by atoms with Gasteiger partial charge >= 0.3 is 0 Å². The molecule has 0 aliphatic carbocycles. The smallest absolute Gasteiger partial charge is 0.240 e. The zero-order chi connectivity index (χ0) is 15.5. The van der Waals surface area contributed by atoms with E-state index in [0.29, 0.717) is 6.54 Å². The SMILES string of the molecule is CC(C)NC(=O)Cn1c(-c2ccccc2)cc2ccccc21. The number of nitrogens with one attached hydrogen (secondary N) is 1. The van der Waals surface area contributed by atoms with Gasteiger partial charge in [0.1, 0.15) is 6.54 Å². The van der Waals surface area contributed by atoms with E-state index in [2.05, 4.69) is 40.2 Å². The standard InChI is InChI=1S/C19H20N2O/c1-14(2)20-19(22)13-21-17-11-7-6-10-16(17)12-18(21)15-8-4-3-5-9-15/h3-12,14H,13H2,1-2H3,(H,20,22). The molecule has 22 heavy (non-hydrogen) atoms. The molecule has 1 N–H and O–H groups in total. The van der Waals surface area contributed by atoms with Crippen molar-refractivity contribution in [2.75, 3.05) is 0 Å². The summed E-state index contributed by atoms with van der Waals surface area (Å²) in [5, 5.41) is 4.12. The maximum Gasteiger partial charge on any atom is 0.240 e. The van der Waals surface area contributed by atoms with Crippen LogP contribution in [0.2, 0.25) is 0 Å². The molecular weight excluding hydrogens is 272 g/mol. The number of hydrogen-bond acceptors (Lipinski definition) is 1. The van der Waals surface area contributed by atoms with Crippen molar-refractivity contribution in [3.8, 4) is 11.3 Å². The maximum absolute atomic E-state index is 12.2. The van der Waals surface area contributed by atoms with E-state index < -0.39 is 0 Å². The second-order valence-corrected chi connectivity index (χ2v) is 5.76. The molecule has 0 fully saturated rings. The summed E-state index contributed by atoms with van der Waals surface area (Å²) in [6, 6.07) is 20.7. The minimum absolute atomic E-state index is 0.0357. The van der Waals surface area contributed by atoms with Crippen LogP contribution in [0.5, 0.6) is 0 Å². The number of hydrogen-bond donors (Lipinski definition) is 1. The average molecular weight is 292 g/mol. The Hall–Kier alpha value is -2.55. The molecule has 0 aliphatic rings. The first-order valence-electron chi connectivity index (χ1n) is 7.58. The average Bonchev–Trinajstić information content (AvgIpc) is 2.86. The molecule has 0 saturated carbocycles. The largest absolute Gasteiger partial charge is 0.352 e. The van der Waals surface area contributed by atoms with Crippen molar-refractivity contribution >= 4 is 16.8 Å². The molecule has 0 bridgehead atoms. The predicted molar refractivity (Wildman–Crippen MR) is 90.7 cm³/mol. The molecule has 1 heterocycles. The lowest BCUT2D eigenvalue weighted by atomic mass is 10.1. The minimum atomic E-state index is 0.0357. The highest BCUT2D eigenvalue weighted by molar-refractivity contribution is 5.89. The summed E-state index contributed by atoms with van der Waals surface area (Å²) in [6.45, 7) is 4.28. The number of rotatable bonds is 4. The molecular formula is C19H20N2O. The van der Waals surface area contributed by atoms with Gasteiger partial charge in [0.25, 0.3) is 0 Å². The van der Waals surface area contributed by atoms with Crippen LogP contribution in [-0.4, -0.2) is 16.5 Å². The van der Waals surface area contributed by atoms with E-state index in [4.69, 9.17) is 0 Å². The van der Waals surface area contributed by atoms with Crippen LogP contribution in [0.4, 0.5) is 0 Å². The van der Waals surface area contributed by atoms with Gasteiger partial charge in [-0.3, -0.25) is 4.79 Å². The Morgan fingerprint density at radius 3 is 2.45 bits per heavy atom. The first-order chi connectivity index (χ1) is 10.6. The first-order valence-corrected chi connectivity index (χ1v) is 7.58. The van der Waals surface area contributed by atoms with Crippen LogP contribution in [0.25, 0.3) is 22.2 Å². The maximum atomic E-state index is 12.2. The molecule has 0 saturated heterocycles. The van der Waals surface area contributed by atoms with E-state index in [1.165, 1.54) is 0 Å². The second-order valence-electron chi connectivity index (χ2n) is 5.76. The van der Waals surface area contributed by atoms with Gasteiger partial charge in [-0.25, -0.2) is 0 Å². The van der Waals surface area contributed by atoms with E-state index in [-0.39, 0.29) is 11.9 Å². The highest BCUT2D eigenvalue weighted by Crippen LogP contribution is 2.28. The Kier molecular flexibility index (Phi) is 3.96. The van der Waals surface area contributed by atoms with E-state index in [1.54, 1.807) is 0 Å². The summed E-state index contributed by atoms with van der Waals surface area (Å²) < 4.78 is 2.09. The summed E-state index contributed by atoms with van der Waals surface area (Å²) in [4.78, 5) is 12.2. The third kappa shape index (κ3) is 2.89. The predicted octanol–water partition coefficient (Wildman–Crippen LogP) is 3.83. The normalized spacial score (nSPS) is 11.0. The van der Waals surface area contributed by atoms with Crippen LogP contribution < -0.4 is 5.32 Å². The first kappa shape index (κ1) is 14.4. The van der Waals surface area contributed by atoms with Crippen LogP contribution >= 0.6 is 0 Å². The molecule has 3 nitrogen and oxygen atoms in total. The molecule has 112 valence electrons. The molecule has 3 rings (SSSR count). The van der Waals surface area contributed by atoms with Gasteiger partial charge in [-0.1, -0.05) is 48.5 Å². The third-order valence-corrected chi connectivity index (χ3v) is 3.63. The Morgan fingerprint density at radius 1 is 1.05 bits per heavy atom. The summed E-state index contributed by atoms with van der Waals surface area (Å²) in [5.41, 5.74) is 3.28. The van der Waals surface area contributed by atoms with Gasteiger partial charge in [-0.05, 0) is 31.5 Å². The third-order valence-electron chi connectivity index (χ3n) is 3.63. The van der Waals surface area contributed by atoms with Crippen LogP contribution in [0.1, 0.15) is 13.8 Å². The lowest BCUT2D eigenvalue weighted by Gasteiger charge is -2.13. The van der Waals surface area contributed by atoms with E-state index in [1.807, 2.05) is 44.2 Å². The Bertz CT molecular complexity index is 788. The molecule has 3 aromatic rings. The Labute approximate surface area is 130 Å². The number of amides is 1. The number of nitrogens with zero attached hydrogens (tertiary/aromatic N) is 1. The van der Waals surface area contributed by atoms with Gasteiger partial charge in [0.05, 0.1) is 0 Å². The molecule has 2 aromatic carbocycles. The Balaban J connectivity index is 2.08. The molecule has 1 amide bonds. The molecule has 0 spiro atoms. The van der Waals surface area contributed by atoms with Crippen LogP contribution in [0.3, 0.4) is 0 Å². The zero-order valence-electron chi connectivity index (χ0n) is 12.9. The van der Waals surface area contributed by atoms with Crippen molar-refractivity contribution in [2.45, 2.75) is 26.4 Å². The van der Waals surface area contributed by atoms with Gasteiger partial charge in [0.15, 0.2) is 0 Å². The molecule has 1 aromatic heterocycles. The van der Waals surface area contributed by atoms with Crippen LogP contribution in [-0.2, 0) is 11.3 Å². The van der Waals surface area contributed by atoms with Crippen molar-refractivity contribution in [3.05, 3.63) is 60.7 Å². The van der Waals surface area contributed by atoms with Gasteiger partial charge in [0.2, 0.25) is 5.91 Å². The minimum Gasteiger partial charge on any atom is -0.352 e. The fourth-order valence-corrected chi connectivity index (χ4v) is 2.74. The quantitative estimate of drug-likeness (QED) is 0.779. The van der Waals surface area contributed by atoms with Crippen molar-refractivity contribution in [2.24, 2.45) is 0 Å². The molecule has 0 aliphatic heterocycles. The van der Waals surface area contributed by atoms with E-state index in [9.17, 15) is 4.79 Å². The van der Waals surface area contributed by atoms with Crippen molar-refractivity contribution in [1.82, 2.24) is 9.88 Å². The molecule has 3 heteroatoms. The van der Waals surface area contributed by atoms with Crippen LogP contribution in [0.15, 0.2) is 60.7 Å². The van der Waals surface area contributed by atoms with Crippen molar-refractivity contribution in [1.29, 1.82) is 0 Å². The number of fused-ring (bicyclic) bond motifs is 1. The summed E-state index contributed by atoms with van der Waals surface area (Å²) in [7, 11) is 0. The lowest BCUT2D eigenvalue weighted by Crippen LogP contribution is -2.33. The number of carbonyl (C=O) groups is 1. The van der Waals surface area contributed by atoms with Gasteiger partial charge < -0.3 is 9.88 Å². The highest BCUT2D eigenvalue weighted by atomic mass is 16.2. The van der Waals surface area contributed by atoms with Crippen LogP contribution in [0, 0.1) is 0 Å². The fourth-order valence-electron chi connectivity index (χ4n) is 2.74. The molecule has 0 atom stereocenters. The monoisotopic (exact) mass is 292 g/mol. The molecule has 0 unspecified atom stereocenters. The second kappa shape index (κ2) is 6.06. The summed E-state index contributed by atoms with van der Waals surface area (Å²) in [5.74, 6) is 0.0357. The number of benzene rings is 2. The van der Waals surface area contributed by atoms with Gasteiger partial charge in [-0.2, -0.15) is 0 Å². The van der Waals surface area contributed by atoms with Gasteiger partial charge in [0, 0.05) is 22.6 Å². The number of carbonyl (C=O) groups excluding carboxylic acids is 1. The summed E-state index contributed by atoms with van der Waals surface area (Å²) in [6.07, 6.45) is 0. The number of para-hydroxylation sites is 1. The van der Waals surface area contributed by atoms with Gasteiger partial charge in [-0.15, -0.1) is 0 Å². The topological polar surface area (TPSA) is 34.0 Å².